The van der Waals surface area contributed by atoms with Gasteiger partial charge >= 0.3 is 6.18 Å². The Balaban J connectivity index is 1.95. The summed E-state index contributed by atoms with van der Waals surface area (Å²) in [5.74, 6) is -0.153. The number of pyridine rings is 1. The maximum Gasteiger partial charge on any atom is 0.433 e. The van der Waals surface area contributed by atoms with Gasteiger partial charge in [0.1, 0.15) is 11.8 Å². The van der Waals surface area contributed by atoms with Crippen LogP contribution in [0.2, 0.25) is 0 Å². The predicted octanol–water partition coefficient (Wildman–Crippen LogP) is 4.48. The van der Waals surface area contributed by atoms with E-state index in [4.69, 9.17) is 5.26 Å². The molecule has 0 saturated heterocycles. The number of aryl methyl sites for hydroxylation is 1. The van der Waals surface area contributed by atoms with Crippen LogP contribution in [0.5, 0.6) is 0 Å². The van der Waals surface area contributed by atoms with Gasteiger partial charge < -0.3 is 5.32 Å². The molecule has 3 rings (SSSR count). The lowest BCUT2D eigenvalue weighted by molar-refractivity contribution is -0.141. The molecule has 3 aromatic rings. The number of rotatable bonds is 3. The van der Waals surface area contributed by atoms with Gasteiger partial charge in [-0.15, -0.1) is 0 Å². The van der Waals surface area contributed by atoms with Crippen molar-refractivity contribution < 1.29 is 13.2 Å². The van der Waals surface area contributed by atoms with Crippen molar-refractivity contribution >= 4 is 11.6 Å². The van der Waals surface area contributed by atoms with E-state index in [1.807, 2.05) is 19.1 Å². The normalized spacial score (nSPS) is 11.0. The van der Waals surface area contributed by atoms with Gasteiger partial charge in [-0.3, -0.25) is 4.98 Å². The molecule has 0 aliphatic heterocycles. The van der Waals surface area contributed by atoms with E-state index in [2.05, 4.69) is 20.3 Å². The zero-order valence-electron chi connectivity index (χ0n) is 13.5. The number of hydrogen-bond donors (Lipinski definition) is 1. The first-order valence-corrected chi connectivity index (χ1v) is 7.49. The van der Waals surface area contributed by atoms with Gasteiger partial charge in [0.15, 0.2) is 0 Å². The molecular weight excluding hydrogens is 343 g/mol. The number of nitrogens with one attached hydrogen (secondary N) is 1. The summed E-state index contributed by atoms with van der Waals surface area (Å²) in [5.41, 5.74) is 2.29. The van der Waals surface area contributed by atoms with E-state index < -0.39 is 11.9 Å². The van der Waals surface area contributed by atoms with Crippen molar-refractivity contribution in [3.8, 4) is 17.2 Å². The molecule has 26 heavy (non-hydrogen) atoms. The van der Waals surface area contributed by atoms with Crippen molar-refractivity contribution in [2.75, 3.05) is 5.32 Å². The maximum atomic E-state index is 12.8. The average molecular weight is 355 g/mol. The van der Waals surface area contributed by atoms with E-state index >= 15 is 0 Å². The van der Waals surface area contributed by atoms with Gasteiger partial charge in [0.05, 0.1) is 5.56 Å². The number of nitriles is 1. The molecule has 5 nitrogen and oxygen atoms in total. The Morgan fingerprint density at radius 3 is 2.62 bits per heavy atom. The number of benzene rings is 1. The van der Waals surface area contributed by atoms with Gasteiger partial charge in [0.25, 0.3) is 0 Å². The van der Waals surface area contributed by atoms with Crippen molar-refractivity contribution in [2.45, 2.75) is 13.1 Å². The minimum Gasteiger partial charge on any atom is -0.324 e. The smallest absolute Gasteiger partial charge is 0.324 e. The van der Waals surface area contributed by atoms with Gasteiger partial charge in [-0.1, -0.05) is 6.07 Å². The fourth-order valence-corrected chi connectivity index (χ4v) is 2.39. The van der Waals surface area contributed by atoms with Crippen LogP contribution >= 0.6 is 0 Å². The molecule has 8 heteroatoms. The molecule has 0 bridgehead atoms. The van der Waals surface area contributed by atoms with Gasteiger partial charge in [0.2, 0.25) is 5.95 Å². The maximum absolute atomic E-state index is 12.8. The Bertz CT molecular complexity index is 993. The van der Waals surface area contributed by atoms with Crippen molar-refractivity contribution in [1.29, 1.82) is 5.26 Å². The molecule has 2 aromatic heterocycles. The molecule has 0 aliphatic rings. The molecule has 0 atom stereocenters. The molecule has 1 aromatic carbocycles. The lowest BCUT2D eigenvalue weighted by atomic mass is 10.0. The Hall–Kier alpha value is -3.47. The predicted molar refractivity (Wildman–Crippen MR) is 89.4 cm³/mol. The highest BCUT2D eigenvalue weighted by Gasteiger charge is 2.32. The second-order valence-electron chi connectivity index (χ2n) is 5.55. The highest BCUT2D eigenvalue weighted by molar-refractivity contribution is 5.71. The quantitative estimate of drug-likeness (QED) is 0.750. The highest BCUT2D eigenvalue weighted by Crippen LogP contribution is 2.29. The van der Waals surface area contributed by atoms with Gasteiger partial charge in [-0.25, -0.2) is 9.97 Å². The highest BCUT2D eigenvalue weighted by atomic mass is 19.4. The van der Waals surface area contributed by atoms with Gasteiger partial charge in [-0.05, 0) is 42.3 Å². The van der Waals surface area contributed by atoms with Crippen molar-refractivity contribution in [3.05, 3.63) is 65.7 Å². The van der Waals surface area contributed by atoms with Crippen LogP contribution in [0.1, 0.15) is 16.8 Å². The van der Waals surface area contributed by atoms with Crippen LogP contribution in [0, 0.1) is 18.3 Å². The number of hydrogen-bond acceptors (Lipinski definition) is 5. The summed E-state index contributed by atoms with van der Waals surface area (Å²) in [5, 5.41) is 11.8. The second-order valence-corrected chi connectivity index (χ2v) is 5.55. The topological polar surface area (TPSA) is 74.5 Å². The Kier molecular flexibility index (Phi) is 4.54. The second kappa shape index (κ2) is 6.80. The molecule has 130 valence electrons. The summed E-state index contributed by atoms with van der Waals surface area (Å²) in [6, 6.07) is 9.89. The van der Waals surface area contributed by atoms with Crippen LogP contribution in [0.15, 0.2) is 48.9 Å². The van der Waals surface area contributed by atoms with Crippen LogP contribution in [0.4, 0.5) is 24.8 Å². The van der Waals surface area contributed by atoms with Gasteiger partial charge in [-0.2, -0.15) is 18.4 Å². The molecule has 0 saturated carbocycles. The van der Waals surface area contributed by atoms with Crippen LogP contribution < -0.4 is 5.32 Å². The first kappa shape index (κ1) is 17.4. The summed E-state index contributed by atoms with van der Waals surface area (Å²) in [4.78, 5) is 11.3. The van der Waals surface area contributed by atoms with E-state index in [1.165, 1.54) is 6.20 Å². The molecule has 0 unspecified atom stereocenters. The van der Waals surface area contributed by atoms with Crippen LogP contribution in [0.25, 0.3) is 11.1 Å². The van der Waals surface area contributed by atoms with Crippen molar-refractivity contribution in [3.63, 3.8) is 0 Å². The zero-order valence-corrected chi connectivity index (χ0v) is 13.5. The number of anilines is 2. The molecule has 0 aliphatic carbocycles. The number of aromatic nitrogens is 3. The molecular formula is C18H12F3N5. The lowest BCUT2D eigenvalue weighted by Crippen LogP contribution is -2.10. The number of alkyl halides is 3. The fourth-order valence-electron chi connectivity index (χ4n) is 2.39. The lowest BCUT2D eigenvalue weighted by Gasteiger charge is -2.11. The van der Waals surface area contributed by atoms with E-state index in [9.17, 15) is 13.2 Å². The van der Waals surface area contributed by atoms with Gasteiger partial charge in [0, 0.05) is 29.8 Å². The summed E-state index contributed by atoms with van der Waals surface area (Å²) < 4.78 is 38.3. The van der Waals surface area contributed by atoms with E-state index in [1.54, 1.807) is 24.4 Å². The van der Waals surface area contributed by atoms with E-state index in [0.717, 1.165) is 29.0 Å². The minimum absolute atomic E-state index is 0.153. The fraction of sp³-hybridized carbons (Fsp3) is 0.111. The Morgan fingerprint density at radius 2 is 1.88 bits per heavy atom. The van der Waals surface area contributed by atoms with Crippen LogP contribution in [-0.2, 0) is 6.18 Å². The molecule has 2 heterocycles. The molecule has 1 N–H and O–H groups in total. The van der Waals surface area contributed by atoms with Crippen LogP contribution in [-0.4, -0.2) is 15.0 Å². The third kappa shape index (κ3) is 3.95. The summed E-state index contributed by atoms with van der Waals surface area (Å²) in [7, 11) is 0. The monoisotopic (exact) mass is 355 g/mol. The third-order valence-electron chi connectivity index (χ3n) is 3.48. The minimum atomic E-state index is -4.54. The summed E-state index contributed by atoms with van der Waals surface area (Å²) >= 11 is 0. The number of nitrogens with zero attached hydrogens (tertiary/aromatic N) is 4. The largest absolute Gasteiger partial charge is 0.433 e. The molecule has 0 amide bonds. The van der Waals surface area contributed by atoms with Crippen molar-refractivity contribution in [1.82, 2.24) is 15.0 Å². The number of halogens is 3. The summed E-state index contributed by atoms with van der Waals surface area (Å²) in [6.07, 6.45) is -0.426. The Labute approximate surface area is 147 Å². The summed E-state index contributed by atoms with van der Waals surface area (Å²) in [6.45, 7) is 1.85. The molecule has 0 radical (unpaired) electrons. The first-order valence-electron chi connectivity index (χ1n) is 7.49. The third-order valence-corrected chi connectivity index (χ3v) is 3.48. The zero-order chi connectivity index (χ0) is 18.7. The van der Waals surface area contributed by atoms with Crippen molar-refractivity contribution in [2.24, 2.45) is 0 Å². The van der Waals surface area contributed by atoms with E-state index in [0.29, 0.717) is 11.3 Å². The molecule has 0 fully saturated rings. The first-order chi connectivity index (χ1) is 12.3. The average Bonchev–Trinajstić information content (AvgIpc) is 2.61. The Morgan fingerprint density at radius 1 is 1.08 bits per heavy atom. The van der Waals surface area contributed by atoms with E-state index in [-0.39, 0.29) is 5.95 Å². The SMILES string of the molecule is Cc1cc(Nc2nccc(C(F)(F)F)n2)cc(-c2cncc(C#N)c2)c1. The van der Waals surface area contributed by atoms with Crippen LogP contribution in [0.3, 0.4) is 0 Å². The standard InChI is InChI=1S/C18H12F3N5/c1-11-4-13(14-6-12(8-22)9-23-10-14)7-15(5-11)25-17-24-3-2-16(26-17)18(19,20)21/h2-7,9-10H,1H3,(H,24,25,26). The molecule has 0 spiro atoms.